The molecule has 0 radical (unpaired) electrons. The fourth-order valence-electron chi connectivity index (χ4n) is 8.52. The molecule has 0 aromatic carbocycles. The van der Waals surface area contributed by atoms with Crippen molar-refractivity contribution in [3.05, 3.63) is 94.9 Å². The molecule has 16 heteroatoms. The molecule has 320 valence electrons. The fourth-order valence-corrected chi connectivity index (χ4v) is 8.52. The molecular formula is C44H46O16-2. The first-order chi connectivity index (χ1) is 28.5. The average Bonchev–Trinajstić information content (AvgIpc) is 3.16. The quantitative estimate of drug-likeness (QED) is 0.122. The standard InChI is InChI=1S/C44H48O16/c1-25-15-17-27(3)43(23-25)57-37(49)31(38(50)58-43)13-9-5-7-11-29-33(45)53-41(54-34(29)46)19-21-42(22-20-41)55-35(47)30(36(48)56-42)12-8-6-10-14-32-39(51)59-44(60-40(32)52)24-26(2)16-18-28(44)4/h5-14,25-28,49,51H,15-24H2,1-4H3/p-2/b7-5+,8-6+,13-9+,14-10+,29-11?,30-12?. The molecule has 2 saturated heterocycles. The van der Waals surface area contributed by atoms with Gasteiger partial charge in [-0.3, -0.25) is 0 Å². The third kappa shape index (κ3) is 8.23. The normalized spacial score (nSPS) is 36.2. The summed E-state index contributed by atoms with van der Waals surface area (Å²) in [6.07, 6.45) is 16.5. The summed E-state index contributed by atoms with van der Waals surface area (Å²) in [5, 5.41) is 25.5. The Morgan fingerprint density at radius 3 is 1.13 bits per heavy atom. The predicted octanol–water partition coefficient (Wildman–Crippen LogP) is 3.83. The lowest BCUT2D eigenvalue weighted by Gasteiger charge is -2.51. The van der Waals surface area contributed by atoms with E-state index in [2.05, 4.69) is 0 Å². The molecular weight excluding hydrogens is 784 g/mol. The lowest BCUT2D eigenvalue weighted by molar-refractivity contribution is -0.409. The van der Waals surface area contributed by atoms with E-state index < -0.39 is 82.0 Å². The summed E-state index contributed by atoms with van der Waals surface area (Å²) < 4.78 is 44.6. The molecule has 3 aliphatic carbocycles. The van der Waals surface area contributed by atoms with E-state index in [1.54, 1.807) is 0 Å². The van der Waals surface area contributed by atoms with Crippen LogP contribution in [0.1, 0.15) is 91.9 Å². The largest absolute Gasteiger partial charge is 0.574 e. The Hall–Kier alpha value is -6.06. The molecule has 6 unspecified atom stereocenters. The van der Waals surface area contributed by atoms with Gasteiger partial charge in [-0.1, -0.05) is 77.0 Å². The number of carbonyl (C=O) groups excluding carboxylic acids is 6. The van der Waals surface area contributed by atoms with E-state index in [-0.39, 0.29) is 60.5 Å². The third-order valence-corrected chi connectivity index (χ3v) is 12.2. The van der Waals surface area contributed by atoms with E-state index in [1.807, 2.05) is 27.7 Å². The van der Waals surface area contributed by atoms with Crippen molar-refractivity contribution < 1.29 is 76.9 Å². The molecule has 16 nitrogen and oxygen atoms in total. The Balaban J connectivity index is 0.904. The highest BCUT2D eigenvalue weighted by atomic mass is 16.8. The van der Waals surface area contributed by atoms with Gasteiger partial charge in [-0.2, -0.15) is 0 Å². The van der Waals surface area contributed by atoms with E-state index in [1.165, 1.54) is 48.6 Å². The van der Waals surface area contributed by atoms with Gasteiger partial charge in [0.15, 0.2) is 11.6 Å². The van der Waals surface area contributed by atoms with Crippen LogP contribution in [0.3, 0.4) is 0 Å². The first-order valence-corrected chi connectivity index (χ1v) is 20.2. The first-order valence-electron chi connectivity index (χ1n) is 20.2. The summed E-state index contributed by atoms with van der Waals surface area (Å²) in [5.74, 6) is -12.8. The van der Waals surface area contributed by atoms with Crippen molar-refractivity contribution in [1.29, 1.82) is 0 Å². The van der Waals surface area contributed by atoms with Crippen LogP contribution in [-0.2, 0) is 66.7 Å². The van der Waals surface area contributed by atoms with Gasteiger partial charge in [-0.25, -0.2) is 28.8 Å². The summed E-state index contributed by atoms with van der Waals surface area (Å²) >= 11 is 0. The Morgan fingerprint density at radius 2 is 0.800 bits per heavy atom. The highest BCUT2D eigenvalue weighted by Gasteiger charge is 2.57. The number of rotatable bonds is 6. The van der Waals surface area contributed by atoms with Crippen molar-refractivity contribution in [1.82, 2.24) is 0 Å². The molecule has 6 atom stereocenters. The van der Waals surface area contributed by atoms with Crippen molar-refractivity contribution in [3.8, 4) is 0 Å². The van der Waals surface area contributed by atoms with E-state index >= 15 is 0 Å². The molecule has 7 aliphatic rings. The van der Waals surface area contributed by atoms with Gasteiger partial charge < -0.3 is 48.1 Å². The molecule has 0 N–H and O–H groups in total. The summed E-state index contributed by atoms with van der Waals surface area (Å²) in [4.78, 5) is 77.2. The number of hydrogen-bond donors (Lipinski definition) is 0. The van der Waals surface area contributed by atoms with Crippen LogP contribution >= 0.6 is 0 Å². The van der Waals surface area contributed by atoms with E-state index in [9.17, 15) is 39.0 Å². The SMILES string of the molecule is CC1CCC(C)C2(C1)OC(=O)C(/C=C/C=C/C=C1C(=O)OC3(CCC4(CC3)OC(=O)C(=C/C=C/C=C/C3=C([O-])OC5(CC(C)CCC5C)OC3=O)C(=O)O4)OC1=O)=C([O-])O2. The maximum atomic E-state index is 12.9. The highest BCUT2D eigenvalue weighted by molar-refractivity contribution is 6.16. The van der Waals surface area contributed by atoms with E-state index in [0.29, 0.717) is 12.8 Å². The van der Waals surface area contributed by atoms with E-state index in [0.717, 1.165) is 37.8 Å². The topological polar surface area (TPSA) is 222 Å². The third-order valence-electron chi connectivity index (χ3n) is 12.2. The van der Waals surface area contributed by atoms with Crippen LogP contribution in [0, 0.1) is 23.7 Å². The van der Waals surface area contributed by atoms with Crippen molar-refractivity contribution in [2.45, 2.75) is 115 Å². The molecule has 0 bridgehead atoms. The van der Waals surface area contributed by atoms with Gasteiger partial charge in [0.2, 0.25) is 0 Å². The fraction of sp³-hybridized carbons (Fsp3) is 0.500. The zero-order valence-corrected chi connectivity index (χ0v) is 33.7. The maximum absolute atomic E-state index is 12.9. The number of allylic oxidation sites excluding steroid dienone is 8. The van der Waals surface area contributed by atoms with Crippen LogP contribution in [0.4, 0.5) is 0 Å². The average molecular weight is 831 g/mol. The Labute approximate surface area is 345 Å². The van der Waals surface area contributed by atoms with Crippen molar-refractivity contribution in [2.75, 3.05) is 0 Å². The smallest absolute Gasteiger partial charge is 0.348 e. The number of esters is 6. The van der Waals surface area contributed by atoms with Gasteiger partial charge in [-0.05, 0) is 49.0 Å². The molecule has 5 fully saturated rings. The summed E-state index contributed by atoms with van der Waals surface area (Å²) in [5.41, 5.74) is -1.43. The van der Waals surface area contributed by atoms with Gasteiger partial charge >= 0.3 is 35.8 Å². The molecule has 3 saturated carbocycles. The molecule has 4 heterocycles. The molecule has 0 aromatic heterocycles. The second kappa shape index (κ2) is 16.2. The van der Waals surface area contributed by atoms with Gasteiger partial charge in [0, 0.05) is 50.4 Å². The first kappa shape index (κ1) is 42.1. The Kier molecular flexibility index (Phi) is 11.3. The summed E-state index contributed by atoms with van der Waals surface area (Å²) in [7, 11) is 0. The van der Waals surface area contributed by atoms with Crippen LogP contribution in [0.15, 0.2) is 94.9 Å². The van der Waals surface area contributed by atoms with Crippen LogP contribution in [-0.4, -0.2) is 59.0 Å². The van der Waals surface area contributed by atoms with E-state index in [4.69, 9.17) is 37.9 Å². The minimum absolute atomic E-state index is 0.141. The number of ether oxygens (including phenoxy) is 8. The predicted molar refractivity (Wildman–Crippen MR) is 199 cm³/mol. The second-order valence-electron chi connectivity index (χ2n) is 16.6. The highest BCUT2D eigenvalue weighted by Crippen LogP contribution is 2.47. The number of hydrogen-bond acceptors (Lipinski definition) is 16. The molecule has 0 amide bonds. The maximum Gasteiger partial charge on any atom is 0.348 e. The van der Waals surface area contributed by atoms with Gasteiger partial charge in [0.05, 0.1) is 23.0 Å². The van der Waals surface area contributed by atoms with Crippen LogP contribution in [0.5, 0.6) is 0 Å². The lowest BCUT2D eigenvalue weighted by Crippen LogP contribution is -2.56. The van der Waals surface area contributed by atoms with Crippen molar-refractivity contribution in [3.63, 3.8) is 0 Å². The van der Waals surface area contributed by atoms with Gasteiger partial charge in [0.1, 0.15) is 11.1 Å². The van der Waals surface area contributed by atoms with Crippen LogP contribution in [0.2, 0.25) is 0 Å². The zero-order chi connectivity index (χ0) is 43.0. The lowest BCUT2D eigenvalue weighted by atomic mass is 9.78. The summed E-state index contributed by atoms with van der Waals surface area (Å²) in [6.45, 7) is 7.77. The molecule has 7 rings (SSSR count). The summed E-state index contributed by atoms with van der Waals surface area (Å²) in [6, 6.07) is 0. The Bertz CT molecular complexity index is 1910. The second-order valence-corrected chi connectivity index (χ2v) is 16.6. The van der Waals surface area contributed by atoms with Crippen molar-refractivity contribution >= 4 is 35.8 Å². The monoisotopic (exact) mass is 830 g/mol. The van der Waals surface area contributed by atoms with Crippen molar-refractivity contribution in [2.24, 2.45) is 23.7 Å². The molecule has 4 spiro atoms. The Morgan fingerprint density at radius 1 is 0.450 bits per heavy atom. The molecule has 60 heavy (non-hydrogen) atoms. The number of carbonyl (C=O) groups is 6. The minimum atomic E-state index is -1.68. The zero-order valence-electron chi connectivity index (χ0n) is 33.7. The molecule has 0 aromatic rings. The minimum Gasteiger partial charge on any atom is -0.574 e. The van der Waals surface area contributed by atoms with Gasteiger partial charge in [-0.15, -0.1) is 0 Å². The van der Waals surface area contributed by atoms with Gasteiger partial charge in [0.25, 0.3) is 11.6 Å². The van der Waals surface area contributed by atoms with Crippen LogP contribution in [0.25, 0.3) is 0 Å². The van der Waals surface area contributed by atoms with Crippen LogP contribution < -0.4 is 10.2 Å². The molecule has 4 aliphatic heterocycles.